The fourth-order valence-electron chi connectivity index (χ4n) is 2.45. The standard InChI is InChI=1S/C14H20N4O2/c1-11(19)16-5-2-12-3-8-18(9-4-12)14(20)13-10-15-6-7-17-13/h6-7,10,12H,2-5,8-9H2,1H3,(H,16,19). The Labute approximate surface area is 118 Å². The van der Waals surface area contributed by atoms with Crippen LogP contribution in [0, 0.1) is 5.92 Å². The van der Waals surface area contributed by atoms with E-state index in [-0.39, 0.29) is 11.8 Å². The number of likely N-dealkylation sites (tertiary alicyclic amines) is 1. The monoisotopic (exact) mass is 276 g/mol. The van der Waals surface area contributed by atoms with Gasteiger partial charge in [-0.2, -0.15) is 0 Å². The molecule has 0 spiro atoms. The van der Waals surface area contributed by atoms with Crippen LogP contribution in [-0.4, -0.2) is 46.3 Å². The van der Waals surface area contributed by atoms with Crippen molar-refractivity contribution in [1.82, 2.24) is 20.2 Å². The maximum atomic E-state index is 12.2. The molecule has 0 atom stereocenters. The molecule has 2 rings (SSSR count). The molecule has 108 valence electrons. The molecule has 1 aliphatic heterocycles. The van der Waals surface area contributed by atoms with Gasteiger partial charge >= 0.3 is 0 Å². The molecule has 1 aromatic rings. The van der Waals surface area contributed by atoms with Crippen LogP contribution >= 0.6 is 0 Å². The number of carbonyl (C=O) groups is 2. The summed E-state index contributed by atoms with van der Waals surface area (Å²) in [5.74, 6) is 0.548. The van der Waals surface area contributed by atoms with E-state index < -0.39 is 0 Å². The van der Waals surface area contributed by atoms with Crippen molar-refractivity contribution in [2.75, 3.05) is 19.6 Å². The Hall–Kier alpha value is -1.98. The minimum atomic E-state index is -0.0431. The van der Waals surface area contributed by atoms with Gasteiger partial charge in [-0.3, -0.25) is 14.6 Å². The van der Waals surface area contributed by atoms with Gasteiger partial charge in [0.15, 0.2) is 0 Å². The van der Waals surface area contributed by atoms with E-state index in [2.05, 4.69) is 15.3 Å². The van der Waals surface area contributed by atoms with Crippen LogP contribution in [0.2, 0.25) is 0 Å². The van der Waals surface area contributed by atoms with Crippen molar-refractivity contribution in [3.8, 4) is 0 Å². The molecule has 0 bridgehead atoms. The van der Waals surface area contributed by atoms with Crippen LogP contribution in [0.15, 0.2) is 18.6 Å². The van der Waals surface area contributed by atoms with Crippen LogP contribution in [0.25, 0.3) is 0 Å². The minimum Gasteiger partial charge on any atom is -0.356 e. The van der Waals surface area contributed by atoms with Crippen molar-refractivity contribution >= 4 is 11.8 Å². The van der Waals surface area contributed by atoms with Crippen LogP contribution in [0.3, 0.4) is 0 Å². The van der Waals surface area contributed by atoms with Crippen LogP contribution < -0.4 is 5.32 Å². The summed E-state index contributed by atoms with van der Waals surface area (Å²) in [6, 6.07) is 0. The number of carbonyl (C=O) groups excluding carboxylic acids is 2. The molecule has 0 saturated carbocycles. The molecule has 1 N–H and O–H groups in total. The molecular formula is C14H20N4O2. The Bertz CT molecular complexity index is 456. The Balaban J connectivity index is 1.77. The molecule has 0 radical (unpaired) electrons. The number of hydrogen-bond donors (Lipinski definition) is 1. The molecule has 2 amide bonds. The Morgan fingerprint density at radius 1 is 1.35 bits per heavy atom. The lowest BCUT2D eigenvalue weighted by atomic mass is 9.93. The molecule has 1 aliphatic rings. The maximum absolute atomic E-state index is 12.2. The van der Waals surface area contributed by atoms with Crippen LogP contribution in [-0.2, 0) is 4.79 Å². The first-order chi connectivity index (χ1) is 9.66. The summed E-state index contributed by atoms with van der Waals surface area (Å²) in [4.78, 5) is 32.8. The van der Waals surface area contributed by atoms with Crippen molar-refractivity contribution in [3.63, 3.8) is 0 Å². The number of nitrogens with one attached hydrogen (secondary N) is 1. The first-order valence-electron chi connectivity index (χ1n) is 6.96. The Morgan fingerprint density at radius 2 is 2.10 bits per heavy atom. The molecule has 1 saturated heterocycles. The number of nitrogens with zero attached hydrogens (tertiary/aromatic N) is 3. The molecule has 0 aliphatic carbocycles. The highest BCUT2D eigenvalue weighted by Crippen LogP contribution is 2.20. The lowest BCUT2D eigenvalue weighted by Gasteiger charge is -2.31. The second-order valence-electron chi connectivity index (χ2n) is 5.10. The van der Waals surface area contributed by atoms with Gasteiger partial charge in [0.25, 0.3) is 5.91 Å². The summed E-state index contributed by atoms with van der Waals surface area (Å²) >= 11 is 0. The van der Waals surface area contributed by atoms with Crippen molar-refractivity contribution in [1.29, 1.82) is 0 Å². The molecule has 6 heteroatoms. The molecule has 6 nitrogen and oxygen atoms in total. The summed E-state index contributed by atoms with van der Waals surface area (Å²) < 4.78 is 0. The summed E-state index contributed by atoms with van der Waals surface area (Å²) in [5.41, 5.74) is 0.407. The zero-order valence-corrected chi connectivity index (χ0v) is 11.7. The average Bonchev–Trinajstić information content (AvgIpc) is 2.48. The Morgan fingerprint density at radius 3 is 2.70 bits per heavy atom. The van der Waals surface area contributed by atoms with Gasteiger partial charge in [0, 0.05) is 39.0 Å². The third kappa shape index (κ3) is 4.01. The van der Waals surface area contributed by atoms with E-state index in [0.29, 0.717) is 11.6 Å². The first kappa shape index (κ1) is 14.4. The highest BCUT2D eigenvalue weighted by Gasteiger charge is 2.24. The summed E-state index contributed by atoms with van der Waals surface area (Å²) in [6.45, 7) is 3.75. The number of amides is 2. The van der Waals surface area contributed by atoms with Crippen molar-refractivity contribution < 1.29 is 9.59 Å². The van der Waals surface area contributed by atoms with Gasteiger partial charge in [-0.15, -0.1) is 0 Å². The minimum absolute atomic E-state index is 0.0141. The van der Waals surface area contributed by atoms with Crippen molar-refractivity contribution in [2.45, 2.75) is 26.2 Å². The van der Waals surface area contributed by atoms with Crippen LogP contribution in [0.4, 0.5) is 0 Å². The van der Waals surface area contributed by atoms with Gasteiger partial charge in [0.1, 0.15) is 5.69 Å². The van der Waals surface area contributed by atoms with Gasteiger partial charge in [-0.1, -0.05) is 0 Å². The number of aromatic nitrogens is 2. The van der Waals surface area contributed by atoms with Crippen LogP contribution in [0.5, 0.6) is 0 Å². The van der Waals surface area contributed by atoms with E-state index in [1.165, 1.54) is 19.3 Å². The fourth-order valence-corrected chi connectivity index (χ4v) is 2.45. The van der Waals surface area contributed by atoms with E-state index in [0.717, 1.165) is 38.9 Å². The van der Waals surface area contributed by atoms with E-state index in [1.54, 1.807) is 6.20 Å². The lowest BCUT2D eigenvalue weighted by Crippen LogP contribution is -2.39. The third-order valence-electron chi connectivity index (χ3n) is 3.61. The third-order valence-corrected chi connectivity index (χ3v) is 3.61. The number of rotatable bonds is 4. The molecule has 1 fully saturated rings. The summed E-state index contributed by atoms with van der Waals surface area (Å²) in [6.07, 6.45) is 7.54. The maximum Gasteiger partial charge on any atom is 0.274 e. The van der Waals surface area contributed by atoms with E-state index >= 15 is 0 Å². The zero-order valence-electron chi connectivity index (χ0n) is 11.7. The van der Waals surface area contributed by atoms with Crippen LogP contribution in [0.1, 0.15) is 36.7 Å². The predicted octanol–water partition coefficient (Wildman–Crippen LogP) is 0.855. The van der Waals surface area contributed by atoms with E-state index in [1.807, 2.05) is 4.90 Å². The molecule has 1 aromatic heterocycles. The van der Waals surface area contributed by atoms with Gasteiger partial charge in [-0.25, -0.2) is 4.98 Å². The smallest absolute Gasteiger partial charge is 0.274 e. The van der Waals surface area contributed by atoms with E-state index in [9.17, 15) is 9.59 Å². The van der Waals surface area contributed by atoms with Gasteiger partial charge in [-0.05, 0) is 25.2 Å². The quantitative estimate of drug-likeness (QED) is 0.885. The largest absolute Gasteiger partial charge is 0.356 e. The average molecular weight is 276 g/mol. The van der Waals surface area contributed by atoms with Gasteiger partial charge < -0.3 is 10.2 Å². The number of hydrogen-bond acceptors (Lipinski definition) is 4. The predicted molar refractivity (Wildman–Crippen MR) is 74.0 cm³/mol. The summed E-state index contributed by atoms with van der Waals surface area (Å²) in [7, 11) is 0. The van der Waals surface area contributed by atoms with Crippen molar-refractivity contribution in [3.05, 3.63) is 24.3 Å². The van der Waals surface area contributed by atoms with Gasteiger partial charge in [0.05, 0.1) is 6.20 Å². The molecule has 0 unspecified atom stereocenters. The Kier molecular flexibility index (Phi) is 5.03. The SMILES string of the molecule is CC(=O)NCCC1CCN(C(=O)c2cnccn2)CC1. The first-order valence-corrected chi connectivity index (χ1v) is 6.96. The molecule has 2 heterocycles. The normalized spacial score (nSPS) is 15.9. The fraction of sp³-hybridized carbons (Fsp3) is 0.571. The van der Waals surface area contributed by atoms with Crippen molar-refractivity contribution in [2.24, 2.45) is 5.92 Å². The zero-order chi connectivity index (χ0) is 14.4. The topological polar surface area (TPSA) is 75.2 Å². The molecular weight excluding hydrogens is 256 g/mol. The summed E-state index contributed by atoms with van der Waals surface area (Å²) in [5, 5.41) is 2.81. The second-order valence-corrected chi connectivity index (χ2v) is 5.10. The second kappa shape index (κ2) is 6.98. The van der Waals surface area contributed by atoms with Gasteiger partial charge in [0.2, 0.25) is 5.91 Å². The highest BCUT2D eigenvalue weighted by molar-refractivity contribution is 5.92. The molecule has 0 aromatic carbocycles. The number of piperidine rings is 1. The lowest BCUT2D eigenvalue weighted by molar-refractivity contribution is -0.119. The van der Waals surface area contributed by atoms with E-state index in [4.69, 9.17) is 0 Å². The molecule has 20 heavy (non-hydrogen) atoms. The highest BCUT2D eigenvalue weighted by atomic mass is 16.2.